The maximum Gasteiger partial charge on any atom is 0.338 e. The van der Waals surface area contributed by atoms with Gasteiger partial charge in [-0.1, -0.05) is 40.9 Å². The molecule has 2 fully saturated rings. The van der Waals surface area contributed by atoms with Crippen molar-refractivity contribution in [1.29, 1.82) is 0 Å². The van der Waals surface area contributed by atoms with Crippen molar-refractivity contribution < 1.29 is 19.1 Å². The molecule has 0 N–H and O–H groups in total. The SMILES string of the molecule is CC1=CC2CC1C1C(=O)N(c3ccc(C(=O)OCc4c(Cl)cccc4Cl)cc3)C(=O)C21. The lowest BCUT2D eigenvalue weighted by molar-refractivity contribution is -0.123. The van der Waals surface area contributed by atoms with Crippen LogP contribution in [0.2, 0.25) is 10.0 Å². The van der Waals surface area contributed by atoms with E-state index in [0.29, 0.717) is 26.9 Å². The summed E-state index contributed by atoms with van der Waals surface area (Å²) in [6.45, 7) is 1.98. The molecule has 158 valence electrons. The Morgan fingerprint density at radius 1 is 1.03 bits per heavy atom. The van der Waals surface area contributed by atoms with Gasteiger partial charge in [0, 0.05) is 15.6 Å². The summed E-state index contributed by atoms with van der Waals surface area (Å²) >= 11 is 12.2. The van der Waals surface area contributed by atoms with E-state index in [0.717, 1.165) is 6.42 Å². The third kappa shape index (κ3) is 3.19. The van der Waals surface area contributed by atoms with Crippen molar-refractivity contribution in [2.75, 3.05) is 4.90 Å². The first-order valence-corrected chi connectivity index (χ1v) is 10.9. The third-order valence-corrected chi connectivity index (χ3v) is 7.36. The van der Waals surface area contributed by atoms with Crippen LogP contribution in [-0.4, -0.2) is 17.8 Å². The highest BCUT2D eigenvalue weighted by Gasteiger charge is 2.60. The van der Waals surface area contributed by atoms with Gasteiger partial charge in [-0.3, -0.25) is 14.5 Å². The lowest BCUT2D eigenvalue weighted by Crippen LogP contribution is -2.32. The van der Waals surface area contributed by atoms with E-state index in [2.05, 4.69) is 6.08 Å². The van der Waals surface area contributed by atoms with E-state index < -0.39 is 5.97 Å². The number of rotatable bonds is 4. The highest BCUT2D eigenvalue weighted by molar-refractivity contribution is 6.36. The van der Waals surface area contributed by atoms with Crippen LogP contribution >= 0.6 is 23.2 Å². The number of nitrogens with zero attached hydrogens (tertiary/aromatic N) is 1. The molecule has 7 heteroatoms. The molecule has 1 saturated heterocycles. The molecular weight excluding hydrogens is 437 g/mol. The van der Waals surface area contributed by atoms with Gasteiger partial charge >= 0.3 is 5.97 Å². The van der Waals surface area contributed by atoms with E-state index in [-0.39, 0.29) is 42.1 Å². The number of imide groups is 1. The minimum absolute atomic E-state index is 0.0549. The van der Waals surface area contributed by atoms with E-state index in [1.165, 1.54) is 10.5 Å². The minimum atomic E-state index is -0.545. The Labute approximate surface area is 189 Å². The van der Waals surface area contributed by atoms with Gasteiger partial charge in [0.25, 0.3) is 0 Å². The first kappa shape index (κ1) is 20.3. The summed E-state index contributed by atoms with van der Waals surface area (Å²) < 4.78 is 5.33. The number of allylic oxidation sites excluding steroid dienone is 2. The predicted molar refractivity (Wildman–Crippen MR) is 117 cm³/mol. The number of esters is 1. The molecule has 0 radical (unpaired) electrons. The predicted octanol–water partition coefficient (Wildman–Crippen LogP) is 5.05. The average Bonchev–Trinajstić information content (AvgIpc) is 3.38. The second-order valence-electron chi connectivity index (χ2n) is 8.30. The maximum atomic E-state index is 13.0. The molecule has 5 nitrogen and oxygen atoms in total. The average molecular weight is 456 g/mol. The number of amides is 2. The number of fused-ring (bicyclic) bond motifs is 5. The second-order valence-corrected chi connectivity index (χ2v) is 9.12. The molecule has 3 aliphatic rings. The lowest BCUT2D eigenvalue weighted by atomic mass is 9.82. The molecule has 4 atom stereocenters. The first-order chi connectivity index (χ1) is 14.9. The summed E-state index contributed by atoms with van der Waals surface area (Å²) in [6, 6.07) is 11.4. The number of carbonyl (C=O) groups is 3. The summed E-state index contributed by atoms with van der Waals surface area (Å²) in [7, 11) is 0. The summed E-state index contributed by atoms with van der Waals surface area (Å²) in [5.41, 5.74) is 2.54. The van der Waals surface area contributed by atoms with Gasteiger partial charge in [0.15, 0.2) is 0 Å². The zero-order valence-electron chi connectivity index (χ0n) is 16.7. The summed E-state index contributed by atoms with van der Waals surface area (Å²) in [4.78, 5) is 39.7. The van der Waals surface area contributed by atoms with Crippen LogP contribution in [0.5, 0.6) is 0 Å². The Bertz CT molecular complexity index is 1120. The maximum absolute atomic E-state index is 13.0. The lowest BCUT2D eigenvalue weighted by Gasteiger charge is -2.19. The smallest absolute Gasteiger partial charge is 0.338 e. The van der Waals surface area contributed by atoms with Crippen molar-refractivity contribution in [3.05, 3.63) is 75.3 Å². The van der Waals surface area contributed by atoms with Crippen molar-refractivity contribution in [2.45, 2.75) is 20.0 Å². The van der Waals surface area contributed by atoms with Gasteiger partial charge in [-0.05, 0) is 61.6 Å². The van der Waals surface area contributed by atoms with E-state index in [1.54, 1.807) is 42.5 Å². The number of hydrogen-bond acceptors (Lipinski definition) is 4. The van der Waals surface area contributed by atoms with Crippen molar-refractivity contribution in [2.24, 2.45) is 23.7 Å². The number of benzene rings is 2. The first-order valence-electron chi connectivity index (χ1n) is 10.1. The van der Waals surface area contributed by atoms with Crippen molar-refractivity contribution >= 4 is 46.7 Å². The quantitative estimate of drug-likeness (QED) is 0.367. The van der Waals surface area contributed by atoms with Crippen LogP contribution < -0.4 is 4.90 Å². The van der Waals surface area contributed by atoms with Gasteiger partial charge < -0.3 is 4.74 Å². The van der Waals surface area contributed by atoms with Crippen LogP contribution in [0.3, 0.4) is 0 Å². The fraction of sp³-hybridized carbons (Fsp3) is 0.292. The standard InChI is InChI=1S/C24H19Cl2NO4/c1-12-9-14-10-16(12)21-20(14)22(28)27(23(21)29)15-7-5-13(6-8-15)24(30)31-11-17-18(25)3-2-4-19(17)26/h2-9,14,16,20-21H,10-11H2,1H3. The molecule has 0 aromatic heterocycles. The Hall–Kier alpha value is -2.63. The van der Waals surface area contributed by atoms with E-state index >= 15 is 0 Å². The van der Waals surface area contributed by atoms with E-state index in [1.807, 2.05) is 6.92 Å². The molecule has 1 heterocycles. The van der Waals surface area contributed by atoms with Gasteiger partial charge in [0.2, 0.25) is 11.8 Å². The Morgan fingerprint density at radius 3 is 2.35 bits per heavy atom. The third-order valence-electron chi connectivity index (χ3n) is 6.65. The van der Waals surface area contributed by atoms with Gasteiger partial charge in [-0.15, -0.1) is 0 Å². The molecule has 2 aromatic carbocycles. The highest BCUT2D eigenvalue weighted by Crippen LogP contribution is 2.55. The van der Waals surface area contributed by atoms with Crippen LogP contribution in [-0.2, 0) is 20.9 Å². The fourth-order valence-corrected chi connectivity index (χ4v) is 5.67. The van der Waals surface area contributed by atoms with Crippen LogP contribution in [0.25, 0.3) is 0 Å². The number of anilines is 1. The Balaban J connectivity index is 1.30. The topological polar surface area (TPSA) is 63.7 Å². The molecule has 2 bridgehead atoms. The largest absolute Gasteiger partial charge is 0.457 e. The zero-order valence-corrected chi connectivity index (χ0v) is 18.2. The van der Waals surface area contributed by atoms with Crippen molar-refractivity contribution in [3.63, 3.8) is 0 Å². The molecule has 2 aliphatic carbocycles. The van der Waals surface area contributed by atoms with E-state index in [4.69, 9.17) is 27.9 Å². The van der Waals surface area contributed by atoms with Gasteiger partial charge in [-0.25, -0.2) is 4.79 Å². The van der Waals surface area contributed by atoms with Crippen LogP contribution in [0.4, 0.5) is 5.69 Å². The number of hydrogen-bond donors (Lipinski definition) is 0. The molecule has 2 aromatic rings. The zero-order chi connectivity index (χ0) is 21.9. The second kappa shape index (κ2) is 7.50. The summed E-state index contributed by atoms with van der Waals surface area (Å²) in [5.74, 6) is -1.02. The van der Waals surface area contributed by atoms with Crippen LogP contribution in [0, 0.1) is 23.7 Å². The van der Waals surface area contributed by atoms with Gasteiger partial charge in [0.1, 0.15) is 6.61 Å². The van der Waals surface area contributed by atoms with Crippen molar-refractivity contribution in [3.8, 4) is 0 Å². The Morgan fingerprint density at radius 2 is 1.68 bits per heavy atom. The van der Waals surface area contributed by atoms with Crippen molar-refractivity contribution in [1.82, 2.24) is 0 Å². The molecule has 0 spiro atoms. The normalized spacial score (nSPS) is 26.3. The molecule has 1 aliphatic heterocycles. The number of ether oxygens (including phenoxy) is 1. The molecule has 2 amide bonds. The van der Waals surface area contributed by atoms with E-state index in [9.17, 15) is 14.4 Å². The summed E-state index contributed by atoms with van der Waals surface area (Å²) in [6.07, 6.45) is 3.04. The monoisotopic (exact) mass is 455 g/mol. The molecule has 31 heavy (non-hydrogen) atoms. The van der Waals surface area contributed by atoms with Crippen LogP contribution in [0.1, 0.15) is 29.3 Å². The molecule has 4 unspecified atom stereocenters. The molecule has 5 rings (SSSR count). The summed E-state index contributed by atoms with van der Waals surface area (Å²) in [5, 5.41) is 0.844. The minimum Gasteiger partial charge on any atom is -0.457 e. The number of carbonyl (C=O) groups excluding carboxylic acids is 3. The molecular formula is C24H19Cl2NO4. The highest BCUT2D eigenvalue weighted by atomic mass is 35.5. The van der Waals surface area contributed by atoms with Crippen LogP contribution in [0.15, 0.2) is 54.1 Å². The van der Waals surface area contributed by atoms with Gasteiger partial charge in [-0.2, -0.15) is 0 Å². The van der Waals surface area contributed by atoms with Gasteiger partial charge in [0.05, 0.1) is 23.1 Å². The molecule has 1 saturated carbocycles. The number of halogens is 2. The Kier molecular flexibility index (Phi) is 4.91. The fourth-order valence-electron chi connectivity index (χ4n) is 5.17.